The summed E-state index contributed by atoms with van der Waals surface area (Å²) in [4.78, 5) is 2.53. The average molecular weight is 189 g/mol. The molecule has 0 atom stereocenters. The first-order chi connectivity index (χ1) is 6.86. The van der Waals surface area contributed by atoms with E-state index in [1.54, 1.807) is 5.56 Å². The summed E-state index contributed by atoms with van der Waals surface area (Å²) < 4.78 is 0. The highest BCUT2D eigenvalue weighted by Gasteiger charge is 2.17. The lowest BCUT2D eigenvalue weighted by Gasteiger charge is -2.32. The number of nitrogens with zero attached hydrogens (tertiary/aromatic N) is 1. The van der Waals surface area contributed by atoms with Crippen molar-refractivity contribution in [3.63, 3.8) is 0 Å². The molecule has 0 radical (unpaired) electrons. The molecule has 0 N–H and O–H groups in total. The highest BCUT2D eigenvalue weighted by atomic mass is 15.1. The number of anilines is 1. The summed E-state index contributed by atoms with van der Waals surface area (Å²) in [6.07, 6.45) is 3.73. The van der Waals surface area contributed by atoms with Gasteiger partial charge in [-0.1, -0.05) is 25.1 Å². The van der Waals surface area contributed by atoms with Gasteiger partial charge in [0.05, 0.1) is 0 Å². The van der Waals surface area contributed by atoms with Crippen LogP contribution in [-0.4, -0.2) is 13.1 Å². The molecule has 2 rings (SSSR count). The van der Waals surface area contributed by atoms with Crippen LogP contribution >= 0.6 is 0 Å². The number of benzene rings is 1. The summed E-state index contributed by atoms with van der Waals surface area (Å²) in [6, 6.07) is 6.76. The molecule has 0 fully saturated rings. The first-order valence-electron chi connectivity index (χ1n) is 5.72. The Labute approximate surface area is 86.7 Å². The van der Waals surface area contributed by atoms with Gasteiger partial charge in [-0.15, -0.1) is 0 Å². The van der Waals surface area contributed by atoms with Crippen LogP contribution in [0, 0.1) is 0 Å². The number of hydrogen-bond acceptors (Lipinski definition) is 1. The van der Waals surface area contributed by atoms with Gasteiger partial charge in [0.2, 0.25) is 0 Å². The van der Waals surface area contributed by atoms with Gasteiger partial charge in [-0.3, -0.25) is 0 Å². The molecule has 14 heavy (non-hydrogen) atoms. The largest absolute Gasteiger partial charge is 0.371 e. The van der Waals surface area contributed by atoms with Crippen molar-refractivity contribution < 1.29 is 0 Å². The number of aryl methyl sites for hydroxylation is 2. The van der Waals surface area contributed by atoms with E-state index in [-0.39, 0.29) is 0 Å². The lowest BCUT2D eigenvalue weighted by atomic mass is 9.96. The molecule has 1 aromatic rings. The Morgan fingerprint density at radius 3 is 2.86 bits per heavy atom. The molecule has 0 amide bonds. The predicted molar refractivity (Wildman–Crippen MR) is 62.0 cm³/mol. The minimum Gasteiger partial charge on any atom is -0.371 e. The van der Waals surface area contributed by atoms with Gasteiger partial charge in [-0.25, -0.2) is 0 Å². The van der Waals surface area contributed by atoms with Gasteiger partial charge in [0, 0.05) is 18.8 Å². The standard InChI is InChI=1S/C13H19N/c1-3-11-7-5-8-12-9-6-10-14(4-2)13(11)12/h5,7-8H,3-4,6,9-10H2,1-2H3. The van der Waals surface area contributed by atoms with E-state index in [0.29, 0.717) is 0 Å². The highest BCUT2D eigenvalue weighted by Crippen LogP contribution is 2.30. The van der Waals surface area contributed by atoms with Crippen LogP contribution < -0.4 is 4.90 Å². The maximum absolute atomic E-state index is 2.53. The van der Waals surface area contributed by atoms with Gasteiger partial charge in [-0.05, 0) is 37.3 Å². The molecule has 0 unspecified atom stereocenters. The lowest BCUT2D eigenvalue weighted by Crippen LogP contribution is -2.29. The molecular formula is C13H19N. The van der Waals surface area contributed by atoms with Crippen molar-refractivity contribution in [3.05, 3.63) is 29.3 Å². The van der Waals surface area contributed by atoms with Crippen LogP contribution in [0.15, 0.2) is 18.2 Å². The number of hydrogen-bond donors (Lipinski definition) is 0. The summed E-state index contributed by atoms with van der Waals surface area (Å²) >= 11 is 0. The predicted octanol–water partition coefficient (Wildman–Crippen LogP) is 3.02. The molecule has 0 aromatic heterocycles. The molecule has 0 saturated heterocycles. The lowest BCUT2D eigenvalue weighted by molar-refractivity contribution is 0.703. The van der Waals surface area contributed by atoms with Gasteiger partial charge in [0.15, 0.2) is 0 Å². The fourth-order valence-electron chi connectivity index (χ4n) is 2.43. The number of rotatable bonds is 2. The molecule has 0 saturated carbocycles. The van der Waals surface area contributed by atoms with Crippen molar-refractivity contribution in [3.8, 4) is 0 Å². The van der Waals surface area contributed by atoms with Crippen LogP contribution in [0.2, 0.25) is 0 Å². The second-order valence-electron chi connectivity index (χ2n) is 3.96. The number of fused-ring (bicyclic) bond motifs is 1. The molecule has 0 spiro atoms. The van der Waals surface area contributed by atoms with Gasteiger partial charge in [-0.2, -0.15) is 0 Å². The Balaban J connectivity index is 2.46. The zero-order chi connectivity index (χ0) is 9.97. The van der Waals surface area contributed by atoms with Gasteiger partial charge >= 0.3 is 0 Å². The normalized spacial score (nSPS) is 15.4. The summed E-state index contributed by atoms with van der Waals surface area (Å²) in [5.74, 6) is 0. The van der Waals surface area contributed by atoms with E-state index in [1.807, 2.05) is 0 Å². The van der Waals surface area contributed by atoms with Crippen LogP contribution in [0.1, 0.15) is 31.4 Å². The molecule has 1 aliphatic rings. The molecule has 1 heteroatoms. The molecule has 1 nitrogen and oxygen atoms in total. The monoisotopic (exact) mass is 189 g/mol. The quantitative estimate of drug-likeness (QED) is 0.691. The third-order valence-electron chi connectivity index (χ3n) is 3.16. The van der Waals surface area contributed by atoms with Crippen LogP contribution in [0.4, 0.5) is 5.69 Å². The molecule has 76 valence electrons. The van der Waals surface area contributed by atoms with E-state index >= 15 is 0 Å². The molecular weight excluding hydrogens is 170 g/mol. The van der Waals surface area contributed by atoms with Gasteiger partial charge in [0.1, 0.15) is 0 Å². The number of para-hydroxylation sites is 1. The summed E-state index contributed by atoms with van der Waals surface area (Å²) in [7, 11) is 0. The Morgan fingerprint density at radius 1 is 1.29 bits per heavy atom. The van der Waals surface area contributed by atoms with Crippen molar-refractivity contribution in [2.75, 3.05) is 18.0 Å². The average Bonchev–Trinajstić information content (AvgIpc) is 2.27. The topological polar surface area (TPSA) is 3.24 Å². The zero-order valence-corrected chi connectivity index (χ0v) is 9.21. The van der Waals surface area contributed by atoms with Crippen molar-refractivity contribution in [1.29, 1.82) is 0 Å². The molecule has 1 aliphatic heterocycles. The Morgan fingerprint density at radius 2 is 2.14 bits per heavy atom. The van der Waals surface area contributed by atoms with Crippen LogP contribution in [0.5, 0.6) is 0 Å². The third-order valence-corrected chi connectivity index (χ3v) is 3.16. The Hall–Kier alpha value is -0.980. The fraction of sp³-hybridized carbons (Fsp3) is 0.538. The van der Waals surface area contributed by atoms with E-state index < -0.39 is 0 Å². The van der Waals surface area contributed by atoms with E-state index in [1.165, 1.54) is 30.6 Å². The molecule has 0 bridgehead atoms. The van der Waals surface area contributed by atoms with E-state index in [9.17, 15) is 0 Å². The maximum Gasteiger partial charge on any atom is 0.0431 e. The van der Waals surface area contributed by atoms with E-state index in [4.69, 9.17) is 0 Å². The summed E-state index contributed by atoms with van der Waals surface area (Å²) in [6.45, 7) is 6.88. The second kappa shape index (κ2) is 4.04. The SMILES string of the molecule is CCc1cccc2c1N(CC)CCC2. The maximum atomic E-state index is 2.53. The second-order valence-corrected chi connectivity index (χ2v) is 3.96. The van der Waals surface area contributed by atoms with Crippen LogP contribution in [-0.2, 0) is 12.8 Å². The summed E-state index contributed by atoms with van der Waals surface area (Å²) in [5.41, 5.74) is 4.60. The van der Waals surface area contributed by atoms with Crippen molar-refractivity contribution in [2.45, 2.75) is 33.1 Å². The van der Waals surface area contributed by atoms with Crippen LogP contribution in [0.3, 0.4) is 0 Å². The molecule has 1 aromatic carbocycles. The minimum atomic E-state index is 1.14. The first-order valence-corrected chi connectivity index (χ1v) is 5.72. The van der Waals surface area contributed by atoms with Gasteiger partial charge < -0.3 is 4.90 Å². The molecule has 0 aliphatic carbocycles. The van der Waals surface area contributed by atoms with Crippen molar-refractivity contribution >= 4 is 5.69 Å². The Bertz CT molecular complexity index is 303. The first kappa shape index (κ1) is 9.57. The van der Waals surface area contributed by atoms with Crippen LogP contribution in [0.25, 0.3) is 0 Å². The molecule has 1 heterocycles. The minimum absolute atomic E-state index is 1.14. The third kappa shape index (κ3) is 1.52. The Kier molecular flexibility index (Phi) is 2.76. The summed E-state index contributed by atoms with van der Waals surface area (Å²) in [5, 5.41) is 0. The van der Waals surface area contributed by atoms with Crippen molar-refractivity contribution in [1.82, 2.24) is 0 Å². The van der Waals surface area contributed by atoms with Crippen molar-refractivity contribution in [2.24, 2.45) is 0 Å². The van der Waals surface area contributed by atoms with Gasteiger partial charge in [0.25, 0.3) is 0 Å². The highest BCUT2D eigenvalue weighted by molar-refractivity contribution is 5.61. The van der Waals surface area contributed by atoms with E-state index in [2.05, 4.69) is 36.9 Å². The van der Waals surface area contributed by atoms with E-state index in [0.717, 1.165) is 13.0 Å². The zero-order valence-electron chi connectivity index (χ0n) is 9.21. The smallest absolute Gasteiger partial charge is 0.0431 e. The fourth-order valence-corrected chi connectivity index (χ4v) is 2.43.